The summed E-state index contributed by atoms with van der Waals surface area (Å²) in [6.07, 6.45) is -0.161. The highest BCUT2D eigenvalue weighted by Gasteiger charge is 2.30. The fraction of sp³-hybridized carbons (Fsp3) is 0.367. The Morgan fingerprint density at radius 1 is 1.03 bits per heavy atom. The fourth-order valence-electron chi connectivity index (χ4n) is 4.82. The third-order valence-electron chi connectivity index (χ3n) is 6.95. The van der Waals surface area contributed by atoms with E-state index in [9.17, 15) is 14.3 Å². The van der Waals surface area contributed by atoms with Crippen LogP contribution in [0.1, 0.15) is 35.3 Å². The van der Waals surface area contributed by atoms with Crippen molar-refractivity contribution < 1.29 is 19.0 Å². The van der Waals surface area contributed by atoms with Gasteiger partial charge in [0.05, 0.1) is 25.4 Å². The van der Waals surface area contributed by atoms with Gasteiger partial charge >= 0.3 is 0 Å². The second kappa shape index (κ2) is 11.8. The lowest BCUT2D eigenvalue weighted by Crippen LogP contribution is -2.47. The minimum absolute atomic E-state index is 0.0102. The largest absolute Gasteiger partial charge is 0.394 e. The Bertz CT molecular complexity index is 1170. The van der Waals surface area contributed by atoms with Crippen LogP contribution in [-0.2, 0) is 17.9 Å². The van der Waals surface area contributed by atoms with Crippen LogP contribution in [0.4, 0.5) is 4.39 Å². The summed E-state index contributed by atoms with van der Waals surface area (Å²) in [6, 6.07) is 21.9. The number of aliphatic hydroxyl groups is 1. The Hall–Kier alpha value is -3.06. The van der Waals surface area contributed by atoms with Gasteiger partial charge in [-0.2, -0.15) is 0 Å². The van der Waals surface area contributed by atoms with Gasteiger partial charge in [-0.1, -0.05) is 61.5 Å². The number of halogens is 1. The molecule has 0 unspecified atom stereocenters. The molecule has 1 heterocycles. The van der Waals surface area contributed by atoms with Crippen molar-refractivity contribution >= 4 is 5.91 Å². The number of hydrogen-bond acceptors (Lipinski definition) is 4. The van der Waals surface area contributed by atoms with E-state index in [0.717, 1.165) is 22.3 Å². The molecule has 0 aliphatic carbocycles. The number of nitrogens with zero attached hydrogens (tertiary/aromatic N) is 2. The first-order valence-corrected chi connectivity index (χ1v) is 12.5. The number of carbonyl (C=O) groups excluding carboxylic acids is 1. The summed E-state index contributed by atoms with van der Waals surface area (Å²) in [5.74, 6) is -0.325. The van der Waals surface area contributed by atoms with E-state index in [0.29, 0.717) is 31.8 Å². The van der Waals surface area contributed by atoms with Gasteiger partial charge in [0.25, 0.3) is 5.91 Å². The van der Waals surface area contributed by atoms with Crippen molar-refractivity contribution in [1.82, 2.24) is 9.80 Å². The molecule has 190 valence electrons. The number of benzene rings is 3. The maximum atomic E-state index is 13.9. The molecule has 4 rings (SSSR count). The zero-order valence-electron chi connectivity index (χ0n) is 21.2. The standard InChI is InChI=1S/C30H35FN2O3/c1-21-16-33(22(2)19-34)30(35)28-11-7-6-10-27(28)26-9-5-4-8-24(26)20-36-29(21)18-32(3)17-23-12-14-25(31)15-13-23/h4-15,21-22,29,34H,16-20H2,1-3H3/t21-,22-,29+/m0/s1. The number of rotatable bonds is 6. The average Bonchev–Trinajstić information content (AvgIpc) is 2.91. The maximum absolute atomic E-state index is 13.9. The summed E-state index contributed by atoms with van der Waals surface area (Å²) in [6.45, 7) is 6.03. The van der Waals surface area contributed by atoms with Gasteiger partial charge in [-0.05, 0) is 54.4 Å². The van der Waals surface area contributed by atoms with Crippen LogP contribution >= 0.6 is 0 Å². The second-order valence-corrected chi connectivity index (χ2v) is 9.84. The molecule has 6 heteroatoms. The van der Waals surface area contributed by atoms with E-state index in [1.54, 1.807) is 17.0 Å². The summed E-state index contributed by atoms with van der Waals surface area (Å²) in [5, 5.41) is 9.98. The zero-order valence-corrected chi connectivity index (χ0v) is 21.2. The number of amides is 1. The number of aliphatic hydroxyl groups excluding tert-OH is 1. The Morgan fingerprint density at radius 2 is 1.67 bits per heavy atom. The van der Waals surface area contributed by atoms with E-state index in [1.165, 1.54) is 12.1 Å². The molecular weight excluding hydrogens is 455 g/mol. The molecule has 1 amide bonds. The number of fused-ring (bicyclic) bond motifs is 3. The van der Waals surface area contributed by atoms with Crippen molar-refractivity contribution in [3.05, 3.63) is 95.3 Å². The molecular formula is C30H35FN2O3. The maximum Gasteiger partial charge on any atom is 0.254 e. The van der Waals surface area contributed by atoms with E-state index in [4.69, 9.17) is 4.74 Å². The van der Waals surface area contributed by atoms with Gasteiger partial charge in [0.2, 0.25) is 0 Å². The van der Waals surface area contributed by atoms with Crippen LogP contribution < -0.4 is 0 Å². The Balaban J connectivity index is 1.67. The average molecular weight is 491 g/mol. The Labute approximate surface area is 213 Å². The molecule has 0 spiro atoms. The monoisotopic (exact) mass is 490 g/mol. The van der Waals surface area contributed by atoms with E-state index in [-0.39, 0.29) is 36.4 Å². The molecule has 1 aliphatic heterocycles. The van der Waals surface area contributed by atoms with Crippen LogP contribution in [0.15, 0.2) is 72.8 Å². The van der Waals surface area contributed by atoms with Crippen LogP contribution in [0.25, 0.3) is 11.1 Å². The quantitative estimate of drug-likeness (QED) is 0.529. The molecule has 3 aromatic rings. The van der Waals surface area contributed by atoms with Crippen LogP contribution in [0.2, 0.25) is 0 Å². The highest BCUT2D eigenvalue weighted by Crippen LogP contribution is 2.31. The molecule has 1 N–H and O–H groups in total. The predicted molar refractivity (Wildman–Crippen MR) is 140 cm³/mol. The predicted octanol–water partition coefficient (Wildman–Crippen LogP) is 4.98. The normalized spacial score (nSPS) is 19.4. The van der Waals surface area contributed by atoms with Crippen molar-refractivity contribution in [2.24, 2.45) is 5.92 Å². The highest BCUT2D eigenvalue weighted by atomic mass is 19.1. The van der Waals surface area contributed by atoms with Crippen molar-refractivity contribution in [2.45, 2.75) is 39.1 Å². The first kappa shape index (κ1) is 26.0. The molecule has 0 bridgehead atoms. The molecule has 36 heavy (non-hydrogen) atoms. The SMILES string of the molecule is C[C@H]1CN([C@@H](C)CO)C(=O)c2ccccc2-c2ccccc2CO[C@@H]1CN(C)Cc1ccc(F)cc1. The first-order chi connectivity index (χ1) is 17.4. The number of ether oxygens (including phenoxy) is 1. The van der Waals surface area contributed by atoms with Gasteiger partial charge in [0.1, 0.15) is 5.82 Å². The van der Waals surface area contributed by atoms with Gasteiger partial charge in [0, 0.05) is 31.1 Å². The third-order valence-corrected chi connectivity index (χ3v) is 6.95. The number of likely N-dealkylation sites (N-methyl/N-ethyl adjacent to an activating group) is 1. The molecule has 1 aliphatic rings. The first-order valence-electron chi connectivity index (χ1n) is 12.5. The summed E-state index contributed by atoms with van der Waals surface area (Å²) in [7, 11) is 2.02. The zero-order chi connectivity index (χ0) is 25.7. The lowest BCUT2D eigenvalue weighted by molar-refractivity contribution is -0.0241. The summed E-state index contributed by atoms with van der Waals surface area (Å²) >= 11 is 0. The molecule has 0 aromatic heterocycles. The molecule has 0 saturated heterocycles. The van der Waals surface area contributed by atoms with Crippen molar-refractivity contribution in [2.75, 3.05) is 26.7 Å². The lowest BCUT2D eigenvalue weighted by Gasteiger charge is -2.35. The third kappa shape index (κ3) is 6.01. The van der Waals surface area contributed by atoms with Gasteiger partial charge in [-0.15, -0.1) is 0 Å². The number of hydrogen-bond donors (Lipinski definition) is 1. The fourth-order valence-corrected chi connectivity index (χ4v) is 4.82. The molecule has 0 fully saturated rings. The van der Waals surface area contributed by atoms with Crippen LogP contribution in [-0.4, -0.2) is 59.7 Å². The minimum Gasteiger partial charge on any atom is -0.394 e. The molecule has 0 saturated carbocycles. The van der Waals surface area contributed by atoms with Crippen molar-refractivity contribution in [1.29, 1.82) is 0 Å². The Morgan fingerprint density at radius 3 is 2.36 bits per heavy atom. The van der Waals surface area contributed by atoms with Crippen molar-refractivity contribution in [3.63, 3.8) is 0 Å². The molecule has 5 nitrogen and oxygen atoms in total. The second-order valence-electron chi connectivity index (χ2n) is 9.84. The van der Waals surface area contributed by atoms with Crippen molar-refractivity contribution in [3.8, 4) is 11.1 Å². The van der Waals surface area contributed by atoms with E-state index < -0.39 is 0 Å². The summed E-state index contributed by atoms with van der Waals surface area (Å²) < 4.78 is 19.9. The van der Waals surface area contributed by atoms with Crippen LogP contribution in [0.5, 0.6) is 0 Å². The van der Waals surface area contributed by atoms with E-state index in [1.807, 2.05) is 62.5 Å². The number of carbonyl (C=O) groups is 1. The lowest BCUT2D eigenvalue weighted by atomic mass is 9.94. The molecule has 3 aromatic carbocycles. The summed E-state index contributed by atoms with van der Waals surface area (Å²) in [5.41, 5.74) is 4.53. The van der Waals surface area contributed by atoms with Crippen LogP contribution in [0, 0.1) is 11.7 Å². The van der Waals surface area contributed by atoms with Crippen LogP contribution in [0.3, 0.4) is 0 Å². The van der Waals surface area contributed by atoms with E-state index in [2.05, 4.69) is 11.8 Å². The molecule has 0 radical (unpaired) electrons. The molecule has 3 atom stereocenters. The van der Waals surface area contributed by atoms with Gasteiger partial charge in [0.15, 0.2) is 0 Å². The van der Waals surface area contributed by atoms with Gasteiger partial charge < -0.3 is 14.7 Å². The Kier molecular flexibility index (Phi) is 8.52. The van der Waals surface area contributed by atoms with Gasteiger partial charge in [-0.25, -0.2) is 4.39 Å². The highest BCUT2D eigenvalue weighted by molar-refractivity contribution is 6.01. The topological polar surface area (TPSA) is 53.0 Å². The smallest absolute Gasteiger partial charge is 0.254 e. The summed E-state index contributed by atoms with van der Waals surface area (Å²) in [4.78, 5) is 17.8. The minimum atomic E-state index is -0.332. The van der Waals surface area contributed by atoms with Gasteiger partial charge in [-0.3, -0.25) is 9.69 Å². The van der Waals surface area contributed by atoms with E-state index >= 15 is 0 Å².